The molecule has 0 radical (unpaired) electrons. The maximum atomic E-state index is 12.1. The number of aromatic nitrogens is 2. The number of amides is 1. The van der Waals surface area contributed by atoms with Crippen LogP contribution in [0.4, 0.5) is 0 Å². The number of pyridine rings is 2. The van der Waals surface area contributed by atoms with Gasteiger partial charge in [0.2, 0.25) is 0 Å². The average Bonchev–Trinajstić information content (AvgIpc) is 2.48. The van der Waals surface area contributed by atoms with Crippen LogP contribution in [0.15, 0.2) is 42.9 Å². The summed E-state index contributed by atoms with van der Waals surface area (Å²) in [6.45, 7) is 1.95. The number of hydrogen-bond donors (Lipinski definition) is 1. The Morgan fingerprint density at radius 1 is 1.40 bits per heavy atom. The van der Waals surface area contributed by atoms with Crippen LogP contribution in [0.3, 0.4) is 0 Å². The summed E-state index contributed by atoms with van der Waals surface area (Å²) in [4.78, 5) is 20.2. The monoisotopic (exact) mass is 271 g/mol. The molecule has 0 saturated heterocycles. The van der Waals surface area contributed by atoms with Gasteiger partial charge in [-0.15, -0.1) is 0 Å². The minimum absolute atomic E-state index is 0.000277. The second kappa shape index (κ2) is 6.65. The van der Waals surface area contributed by atoms with Gasteiger partial charge in [0.15, 0.2) is 0 Å². The Kier molecular flexibility index (Phi) is 4.65. The van der Waals surface area contributed by atoms with E-state index in [1.165, 1.54) is 0 Å². The highest BCUT2D eigenvalue weighted by Crippen LogP contribution is 2.10. The van der Waals surface area contributed by atoms with Crippen LogP contribution in [0.2, 0.25) is 0 Å². The number of nitrogens with one attached hydrogen (secondary N) is 1. The summed E-state index contributed by atoms with van der Waals surface area (Å²) >= 11 is 0. The molecule has 1 N–H and O–H groups in total. The summed E-state index contributed by atoms with van der Waals surface area (Å²) in [5.41, 5.74) is 1.43. The lowest BCUT2D eigenvalue weighted by atomic mass is 10.1. The molecule has 0 aliphatic rings. The number of methoxy groups -OCH3 is 1. The molecule has 2 rings (SSSR count). The van der Waals surface area contributed by atoms with Crippen molar-refractivity contribution in [1.29, 1.82) is 0 Å². The molecule has 2 aromatic rings. The topological polar surface area (TPSA) is 64.1 Å². The third-order valence-corrected chi connectivity index (χ3v) is 2.84. The number of hydrogen-bond acceptors (Lipinski definition) is 4. The fraction of sp³-hybridized carbons (Fsp3) is 0.267. The predicted molar refractivity (Wildman–Crippen MR) is 75.7 cm³/mol. The Balaban J connectivity index is 1.96. The van der Waals surface area contributed by atoms with E-state index in [4.69, 9.17) is 4.74 Å². The highest BCUT2D eigenvalue weighted by Gasteiger charge is 2.12. The number of carbonyl (C=O) groups excluding carboxylic acids is 1. The predicted octanol–water partition coefficient (Wildman–Crippen LogP) is 1.85. The van der Waals surface area contributed by atoms with Crippen LogP contribution in [-0.2, 0) is 6.42 Å². The lowest BCUT2D eigenvalue weighted by Crippen LogP contribution is -2.34. The second-order valence-corrected chi connectivity index (χ2v) is 4.52. The van der Waals surface area contributed by atoms with E-state index in [0.29, 0.717) is 11.4 Å². The van der Waals surface area contributed by atoms with Gasteiger partial charge in [-0.2, -0.15) is 0 Å². The average molecular weight is 271 g/mol. The zero-order chi connectivity index (χ0) is 14.4. The number of rotatable bonds is 5. The third-order valence-electron chi connectivity index (χ3n) is 2.84. The van der Waals surface area contributed by atoms with Crippen LogP contribution in [0.25, 0.3) is 0 Å². The molecule has 0 aliphatic heterocycles. The normalized spacial score (nSPS) is 11.7. The molecule has 2 aromatic heterocycles. The van der Waals surface area contributed by atoms with E-state index in [-0.39, 0.29) is 11.9 Å². The Morgan fingerprint density at radius 2 is 2.25 bits per heavy atom. The summed E-state index contributed by atoms with van der Waals surface area (Å²) in [5, 5.41) is 2.91. The molecule has 5 nitrogen and oxygen atoms in total. The molecule has 0 bridgehead atoms. The minimum Gasteiger partial charge on any atom is -0.497 e. The van der Waals surface area contributed by atoms with E-state index in [1.54, 1.807) is 37.8 Å². The van der Waals surface area contributed by atoms with Crippen LogP contribution >= 0.6 is 0 Å². The van der Waals surface area contributed by atoms with E-state index < -0.39 is 0 Å². The maximum Gasteiger partial charge on any atom is 0.270 e. The quantitative estimate of drug-likeness (QED) is 0.901. The van der Waals surface area contributed by atoms with Gasteiger partial charge < -0.3 is 10.1 Å². The van der Waals surface area contributed by atoms with Crippen LogP contribution in [-0.4, -0.2) is 29.0 Å². The molecule has 104 valence electrons. The minimum atomic E-state index is -0.208. The molecule has 1 atom stereocenters. The Morgan fingerprint density at radius 3 is 2.95 bits per heavy atom. The first kappa shape index (κ1) is 14.0. The Bertz CT molecular complexity index is 572. The van der Waals surface area contributed by atoms with Gasteiger partial charge in [0.1, 0.15) is 11.4 Å². The van der Waals surface area contributed by atoms with Crippen molar-refractivity contribution in [2.45, 2.75) is 19.4 Å². The van der Waals surface area contributed by atoms with Crippen LogP contribution in [0.1, 0.15) is 23.0 Å². The van der Waals surface area contributed by atoms with E-state index in [2.05, 4.69) is 15.3 Å². The second-order valence-electron chi connectivity index (χ2n) is 4.52. The molecule has 0 aliphatic carbocycles. The van der Waals surface area contributed by atoms with Crippen molar-refractivity contribution in [3.63, 3.8) is 0 Å². The molecule has 0 saturated carbocycles. The number of nitrogens with zero attached hydrogens (tertiary/aromatic N) is 2. The summed E-state index contributed by atoms with van der Waals surface area (Å²) in [6, 6.07) is 7.19. The van der Waals surface area contributed by atoms with Crippen molar-refractivity contribution >= 4 is 5.91 Å². The van der Waals surface area contributed by atoms with Gasteiger partial charge in [-0.05, 0) is 31.0 Å². The number of carbonyl (C=O) groups is 1. The van der Waals surface area contributed by atoms with Gasteiger partial charge in [0, 0.05) is 30.7 Å². The Hall–Kier alpha value is -2.43. The maximum absolute atomic E-state index is 12.1. The van der Waals surface area contributed by atoms with Crippen LogP contribution < -0.4 is 10.1 Å². The van der Waals surface area contributed by atoms with Crippen LogP contribution in [0.5, 0.6) is 5.75 Å². The smallest absolute Gasteiger partial charge is 0.270 e. The molecular weight excluding hydrogens is 254 g/mol. The van der Waals surface area contributed by atoms with Gasteiger partial charge in [0.05, 0.1) is 7.11 Å². The SMILES string of the molecule is COc1ccnc(C(=O)N[C@H](C)Cc2cccnc2)c1. The van der Waals surface area contributed by atoms with E-state index in [0.717, 1.165) is 12.0 Å². The molecule has 0 unspecified atom stereocenters. The Labute approximate surface area is 118 Å². The fourth-order valence-corrected chi connectivity index (χ4v) is 1.88. The van der Waals surface area contributed by atoms with E-state index in [1.807, 2.05) is 19.1 Å². The van der Waals surface area contributed by atoms with Crippen molar-refractivity contribution in [3.05, 3.63) is 54.1 Å². The third kappa shape index (κ3) is 3.78. The summed E-state index contributed by atoms with van der Waals surface area (Å²) in [6.07, 6.45) is 5.81. The lowest BCUT2D eigenvalue weighted by Gasteiger charge is -2.13. The molecule has 1 amide bonds. The first-order valence-corrected chi connectivity index (χ1v) is 6.39. The van der Waals surface area contributed by atoms with Gasteiger partial charge in [0.25, 0.3) is 5.91 Å². The summed E-state index contributed by atoms with van der Waals surface area (Å²) in [7, 11) is 1.56. The molecule has 20 heavy (non-hydrogen) atoms. The first-order valence-electron chi connectivity index (χ1n) is 6.39. The van der Waals surface area contributed by atoms with Crippen LogP contribution in [0, 0.1) is 0 Å². The van der Waals surface area contributed by atoms with Gasteiger partial charge >= 0.3 is 0 Å². The van der Waals surface area contributed by atoms with Gasteiger partial charge in [-0.25, -0.2) is 0 Å². The van der Waals surface area contributed by atoms with Gasteiger partial charge in [-0.1, -0.05) is 6.07 Å². The van der Waals surface area contributed by atoms with Gasteiger partial charge in [-0.3, -0.25) is 14.8 Å². The van der Waals surface area contributed by atoms with E-state index in [9.17, 15) is 4.79 Å². The standard InChI is InChI=1S/C15H17N3O2/c1-11(8-12-4-3-6-16-10-12)18-15(19)14-9-13(20-2)5-7-17-14/h3-7,9-11H,8H2,1-2H3,(H,18,19)/t11-/m1/s1. The van der Waals surface area contributed by atoms with Crippen molar-refractivity contribution < 1.29 is 9.53 Å². The zero-order valence-corrected chi connectivity index (χ0v) is 11.5. The molecule has 5 heteroatoms. The molecule has 0 spiro atoms. The molecular formula is C15H17N3O2. The summed E-state index contributed by atoms with van der Waals surface area (Å²) in [5.74, 6) is 0.408. The lowest BCUT2D eigenvalue weighted by molar-refractivity contribution is 0.0934. The fourth-order valence-electron chi connectivity index (χ4n) is 1.88. The van der Waals surface area contributed by atoms with Crippen molar-refractivity contribution in [2.75, 3.05) is 7.11 Å². The number of ether oxygens (including phenoxy) is 1. The van der Waals surface area contributed by atoms with E-state index >= 15 is 0 Å². The highest BCUT2D eigenvalue weighted by molar-refractivity contribution is 5.92. The first-order chi connectivity index (χ1) is 9.69. The summed E-state index contributed by atoms with van der Waals surface area (Å²) < 4.78 is 5.08. The molecule has 2 heterocycles. The molecule has 0 fully saturated rings. The van der Waals surface area contributed by atoms with Crippen molar-refractivity contribution in [3.8, 4) is 5.75 Å². The van der Waals surface area contributed by atoms with Crippen molar-refractivity contribution in [2.24, 2.45) is 0 Å². The highest BCUT2D eigenvalue weighted by atomic mass is 16.5. The molecule has 0 aromatic carbocycles. The zero-order valence-electron chi connectivity index (χ0n) is 11.5. The van der Waals surface area contributed by atoms with Crippen molar-refractivity contribution in [1.82, 2.24) is 15.3 Å². The largest absolute Gasteiger partial charge is 0.497 e.